The number of aliphatic carboxylic acids is 1. The van der Waals surface area contributed by atoms with Crippen LogP contribution in [-0.2, 0) is 20.9 Å². The summed E-state index contributed by atoms with van der Waals surface area (Å²) >= 11 is 0. The third kappa shape index (κ3) is 6.72. The van der Waals surface area contributed by atoms with Crippen LogP contribution >= 0.6 is 0 Å². The average Bonchev–Trinajstić information content (AvgIpc) is 3.22. The Kier molecular flexibility index (Phi) is 9.77. The molecule has 3 N–H and O–H groups in total. The number of amides is 1. The zero-order valence-corrected chi connectivity index (χ0v) is 21.6. The number of carboxylic acids is 1. The molecule has 6 atom stereocenters. The Balaban J connectivity index is 2.00. The summed E-state index contributed by atoms with van der Waals surface area (Å²) in [4.78, 5) is 36.9. The minimum absolute atomic E-state index is 0.0633. The highest BCUT2D eigenvalue weighted by molar-refractivity contribution is 5.87. The van der Waals surface area contributed by atoms with Crippen molar-refractivity contribution in [1.82, 2.24) is 10.6 Å². The Bertz CT molecular complexity index is 1050. The summed E-state index contributed by atoms with van der Waals surface area (Å²) in [6, 6.07) is 16.9. The van der Waals surface area contributed by atoms with Gasteiger partial charge in [0.05, 0.1) is 18.6 Å². The molecule has 37 heavy (non-hydrogen) atoms. The molecule has 1 amide bonds. The third-order valence-electron chi connectivity index (χ3n) is 7.40. The summed E-state index contributed by atoms with van der Waals surface area (Å²) in [5.41, 5.74) is 0.341. The van der Waals surface area contributed by atoms with Gasteiger partial charge in [-0.1, -0.05) is 80.9 Å². The van der Waals surface area contributed by atoms with Crippen LogP contribution in [-0.4, -0.2) is 46.1 Å². The van der Waals surface area contributed by atoms with E-state index in [1.165, 1.54) is 0 Å². The van der Waals surface area contributed by atoms with Crippen molar-refractivity contribution in [3.8, 4) is 0 Å². The molecule has 200 valence electrons. The highest BCUT2D eigenvalue weighted by atomic mass is 16.6. The first-order valence-corrected chi connectivity index (χ1v) is 12.8. The van der Waals surface area contributed by atoms with E-state index in [1.807, 2.05) is 74.5 Å². The second-order valence-corrected chi connectivity index (χ2v) is 9.94. The Morgan fingerprint density at radius 2 is 1.78 bits per heavy atom. The van der Waals surface area contributed by atoms with Crippen LogP contribution in [0.15, 0.2) is 60.7 Å². The first-order chi connectivity index (χ1) is 17.7. The molecule has 9 heteroatoms. The number of carbonyl (C=O) groups excluding carboxylic acids is 1. The maximum Gasteiger partial charge on any atom is 0.303 e. The number of carboxylic acid groups (broad SMARTS) is 1. The molecular weight excluding hydrogens is 474 g/mol. The fourth-order valence-electron chi connectivity index (χ4n) is 5.23. The Labute approximate surface area is 217 Å². The number of nitrogens with zero attached hydrogens (tertiary/aromatic N) is 1. The van der Waals surface area contributed by atoms with Gasteiger partial charge < -0.3 is 15.2 Å². The summed E-state index contributed by atoms with van der Waals surface area (Å²) in [7, 11) is 0. The first-order valence-electron chi connectivity index (χ1n) is 12.8. The van der Waals surface area contributed by atoms with Crippen LogP contribution in [0.4, 0.5) is 0 Å². The van der Waals surface area contributed by atoms with Crippen molar-refractivity contribution in [2.24, 2.45) is 11.8 Å². The van der Waals surface area contributed by atoms with Gasteiger partial charge >= 0.3 is 5.97 Å². The normalized spacial score (nSPS) is 24.8. The molecular formula is C28H37N3O6. The van der Waals surface area contributed by atoms with Gasteiger partial charge in [-0.2, -0.15) is 0 Å². The van der Waals surface area contributed by atoms with E-state index in [0.717, 1.165) is 11.1 Å². The number of hydrogen-bond acceptors (Lipinski definition) is 6. The molecule has 1 saturated heterocycles. The van der Waals surface area contributed by atoms with Gasteiger partial charge in [0.15, 0.2) is 0 Å². The lowest BCUT2D eigenvalue weighted by Gasteiger charge is -2.37. The second-order valence-electron chi connectivity index (χ2n) is 9.94. The van der Waals surface area contributed by atoms with Gasteiger partial charge in [-0.25, -0.2) is 0 Å². The molecule has 0 bridgehead atoms. The zero-order valence-electron chi connectivity index (χ0n) is 21.6. The fraction of sp³-hybridized carbons (Fsp3) is 0.500. The van der Waals surface area contributed by atoms with Crippen molar-refractivity contribution < 1.29 is 24.4 Å². The van der Waals surface area contributed by atoms with Crippen LogP contribution in [0.1, 0.15) is 57.2 Å². The standard InChI is InChI=1S/C28H37N3O6/c1-4-19(2)26(37-18-20-12-7-5-8-13-20)23-25(31(35)36)24(21-14-9-6-10-15-21)30-28(23,3)27(34)29-17-11-16-22(32)33/h5-10,12-15,19,23-26,30H,4,11,16-18H2,1-3H3,(H,29,34)(H,32,33)/t19-,23+,24-,25-,26?,28-/m0/s1. The highest BCUT2D eigenvalue weighted by Crippen LogP contribution is 2.45. The molecule has 1 heterocycles. The molecule has 0 aromatic heterocycles. The zero-order chi connectivity index (χ0) is 27.0. The lowest BCUT2D eigenvalue weighted by Crippen LogP contribution is -2.60. The predicted octanol–water partition coefficient (Wildman–Crippen LogP) is 3.96. The number of nitrogens with one attached hydrogen (secondary N) is 2. The molecule has 2 aromatic carbocycles. The fourth-order valence-corrected chi connectivity index (χ4v) is 5.23. The van der Waals surface area contributed by atoms with E-state index in [4.69, 9.17) is 9.84 Å². The smallest absolute Gasteiger partial charge is 0.303 e. The van der Waals surface area contributed by atoms with Crippen LogP contribution in [0.3, 0.4) is 0 Å². The number of carbonyl (C=O) groups is 2. The lowest BCUT2D eigenvalue weighted by molar-refractivity contribution is -0.536. The van der Waals surface area contributed by atoms with E-state index in [-0.39, 0.29) is 36.8 Å². The molecule has 0 radical (unpaired) electrons. The predicted molar refractivity (Wildman–Crippen MR) is 139 cm³/mol. The maximum absolute atomic E-state index is 13.7. The average molecular weight is 512 g/mol. The monoisotopic (exact) mass is 511 g/mol. The van der Waals surface area contributed by atoms with E-state index in [9.17, 15) is 19.7 Å². The minimum atomic E-state index is -1.33. The number of rotatable bonds is 13. The van der Waals surface area contributed by atoms with Gasteiger partial charge in [0.2, 0.25) is 11.9 Å². The van der Waals surface area contributed by atoms with Crippen LogP contribution in [0.2, 0.25) is 0 Å². The maximum atomic E-state index is 13.7. The third-order valence-corrected chi connectivity index (χ3v) is 7.40. The molecule has 1 fully saturated rings. The van der Waals surface area contributed by atoms with Gasteiger partial charge in [-0.15, -0.1) is 0 Å². The summed E-state index contributed by atoms with van der Waals surface area (Å²) in [6.45, 7) is 6.12. The van der Waals surface area contributed by atoms with Crippen molar-refractivity contribution in [3.05, 3.63) is 81.9 Å². The second kappa shape index (κ2) is 12.8. The molecule has 1 aliphatic rings. The molecule has 9 nitrogen and oxygen atoms in total. The molecule has 0 saturated carbocycles. The largest absolute Gasteiger partial charge is 0.481 e. The molecule has 1 aliphatic heterocycles. The van der Waals surface area contributed by atoms with E-state index in [0.29, 0.717) is 6.42 Å². The van der Waals surface area contributed by atoms with Gasteiger partial charge in [0, 0.05) is 17.9 Å². The Morgan fingerprint density at radius 1 is 1.16 bits per heavy atom. The molecule has 0 aliphatic carbocycles. The quantitative estimate of drug-likeness (QED) is 0.211. The van der Waals surface area contributed by atoms with Crippen LogP contribution in [0.5, 0.6) is 0 Å². The number of nitro groups is 1. The molecule has 2 aromatic rings. The van der Waals surface area contributed by atoms with Gasteiger partial charge in [-0.05, 0) is 30.4 Å². The molecule has 1 unspecified atom stereocenters. The van der Waals surface area contributed by atoms with Crippen molar-refractivity contribution in [2.45, 2.75) is 70.4 Å². The molecule has 3 rings (SSSR count). The van der Waals surface area contributed by atoms with Crippen LogP contribution < -0.4 is 10.6 Å². The van der Waals surface area contributed by atoms with E-state index >= 15 is 0 Å². The van der Waals surface area contributed by atoms with Gasteiger partial charge in [0.25, 0.3) is 0 Å². The number of ether oxygens (including phenoxy) is 1. The number of benzene rings is 2. The first kappa shape index (κ1) is 28.3. The van der Waals surface area contributed by atoms with Gasteiger partial charge in [0.1, 0.15) is 11.6 Å². The van der Waals surface area contributed by atoms with Crippen molar-refractivity contribution in [3.63, 3.8) is 0 Å². The van der Waals surface area contributed by atoms with Crippen molar-refractivity contribution in [1.29, 1.82) is 0 Å². The number of hydrogen-bond donors (Lipinski definition) is 3. The van der Waals surface area contributed by atoms with E-state index in [1.54, 1.807) is 6.92 Å². The summed E-state index contributed by atoms with van der Waals surface area (Å²) in [5, 5.41) is 27.7. The lowest BCUT2D eigenvalue weighted by atomic mass is 9.74. The SMILES string of the molecule is CC[C@H](C)C(OCc1ccccc1)[C@H]1[C@H]([N+](=O)[O-])[C@H](c2ccccc2)N[C@]1(C)C(=O)NCCCC(=O)O. The summed E-state index contributed by atoms with van der Waals surface area (Å²) in [5.74, 6) is -2.19. The summed E-state index contributed by atoms with van der Waals surface area (Å²) < 4.78 is 6.43. The summed E-state index contributed by atoms with van der Waals surface area (Å²) in [6.07, 6.45) is 0.319. The van der Waals surface area contributed by atoms with Crippen LogP contribution in [0, 0.1) is 22.0 Å². The van der Waals surface area contributed by atoms with Crippen LogP contribution in [0.25, 0.3) is 0 Å². The van der Waals surface area contributed by atoms with E-state index in [2.05, 4.69) is 10.6 Å². The topological polar surface area (TPSA) is 131 Å². The highest BCUT2D eigenvalue weighted by Gasteiger charge is 2.64. The minimum Gasteiger partial charge on any atom is -0.481 e. The molecule has 0 spiro atoms. The Hall–Kier alpha value is -3.30. The Morgan fingerprint density at radius 3 is 2.35 bits per heavy atom. The van der Waals surface area contributed by atoms with Crippen molar-refractivity contribution >= 4 is 11.9 Å². The van der Waals surface area contributed by atoms with E-state index < -0.39 is 41.5 Å². The van der Waals surface area contributed by atoms with Gasteiger partial charge in [-0.3, -0.25) is 25.0 Å². The van der Waals surface area contributed by atoms with Crippen molar-refractivity contribution in [2.75, 3.05) is 6.54 Å².